The lowest BCUT2D eigenvalue weighted by atomic mass is 10.2. The number of amides is 1. The van der Waals surface area contributed by atoms with Gasteiger partial charge in [-0.25, -0.2) is 4.98 Å². The number of aryl methyl sites for hydroxylation is 2. The summed E-state index contributed by atoms with van der Waals surface area (Å²) in [5.74, 6) is 0.683. The Morgan fingerprint density at radius 1 is 1.33 bits per heavy atom. The summed E-state index contributed by atoms with van der Waals surface area (Å²) in [5, 5.41) is 1.51. The van der Waals surface area contributed by atoms with Crippen LogP contribution in [0.5, 0.6) is 0 Å². The summed E-state index contributed by atoms with van der Waals surface area (Å²) in [6.45, 7) is 2.92. The average molecular weight is 422 g/mol. The van der Waals surface area contributed by atoms with E-state index < -0.39 is 0 Å². The van der Waals surface area contributed by atoms with Gasteiger partial charge in [0.15, 0.2) is 0 Å². The normalized spacial score (nSPS) is 13.2. The molecule has 140 valence electrons. The summed E-state index contributed by atoms with van der Waals surface area (Å²) in [7, 11) is 1.73. The Morgan fingerprint density at radius 2 is 2.11 bits per heavy atom. The highest BCUT2D eigenvalue weighted by molar-refractivity contribution is 7.20. The molecule has 27 heavy (non-hydrogen) atoms. The predicted molar refractivity (Wildman–Crippen MR) is 109 cm³/mol. The summed E-state index contributed by atoms with van der Waals surface area (Å²) in [4.78, 5) is 33.2. The lowest BCUT2D eigenvalue weighted by Crippen LogP contribution is -2.26. The van der Waals surface area contributed by atoms with Gasteiger partial charge < -0.3 is 4.90 Å². The molecule has 0 spiro atoms. The Hall–Kier alpha value is -1.89. The number of carbonyl (C=O) groups excluding carboxylic acids is 1. The quantitative estimate of drug-likeness (QED) is 0.633. The van der Waals surface area contributed by atoms with E-state index in [0.717, 1.165) is 24.2 Å². The molecule has 1 amide bonds. The lowest BCUT2D eigenvalue weighted by molar-refractivity contribution is 0.0789. The third-order valence-electron chi connectivity index (χ3n) is 4.86. The van der Waals surface area contributed by atoms with Crippen LogP contribution in [0.1, 0.15) is 33.0 Å². The number of halogens is 2. The molecule has 0 unspecified atom stereocenters. The Balaban J connectivity index is 1.68. The number of nitrogens with zero attached hydrogens (tertiary/aromatic N) is 3. The smallest absolute Gasteiger partial charge is 0.264 e. The number of thiophene rings is 1. The molecule has 2 aromatic heterocycles. The van der Waals surface area contributed by atoms with Crippen molar-refractivity contribution in [2.75, 3.05) is 7.05 Å². The summed E-state index contributed by atoms with van der Waals surface area (Å²) in [6.07, 6.45) is 1.75. The van der Waals surface area contributed by atoms with E-state index in [-0.39, 0.29) is 11.5 Å². The first kappa shape index (κ1) is 18.5. The minimum Gasteiger partial charge on any atom is -0.337 e. The first-order valence-corrected chi connectivity index (χ1v) is 10.2. The number of aromatic nitrogens is 2. The maximum atomic E-state index is 13.0. The van der Waals surface area contributed by atoms with E-state index in [0.29, 0.717) is 43.8 Å². The van der Waals surface area contributed by atoms with Crippen LogP contribution in [0.4, 0.5) is 0 Å². The monoisotopic (exact) mass is 421 g/mol. The zero-order chi connectivity index (χ0) is 19.3. The van der Waals surface area contributed by atoms with Crippen LogP contribution in [0.15, 0.2) is 23.0 Å². The molecule has 1 aromatic carbocycles. The third-order valence-corrected chi connectivity index (χ3v) is 6.77. The van der Waals surface area contributed by atoms with Crippen molar-refractivity contribution >= 4 is 50.7 Å². The van der Waals surface area contributed by atoms with E-state index in [9.17, 15) is 9.59 Å². The minimum absolute atomic E-state index is 0.0348. The molecule has 0 aliphatic carbocycles. The first-order chi connectivity index (χ1) is 12.9. The second-order valence-corrected chi connectivity index (χ2v) is 8.55. The molecular formula is C19H17Cl2N3O2S. The third kappa shape index (κ3) is 3.16. The molecular weight excluding hydrogens is 405 g/mol. The van der Waals surface area contributed by atoms with E-state index in [4.69, 9.17) is 23.2 Å². The van der Waals surface area contributed by atoms with Crippen molar-refractivity contribution in [2.24, 2.45) is 0 Å². The Bertz CT molecular complexity index is 1140. The molecule has 0 fully saturated rings. The molecule has 3 aromatic rings. The van der Waals surface area contributed by atoms with Crippen molar-refractivity contribution in [1.82, 2.24) is 14.5 Å². The molecule has 0 bridgehead atoms. The van der Waals surface area contributed by atoms with Gasteiger partial charge in [-0.2, -0.15) is 0 Å². The van der Waals surface area contributed by atoms with Gasteiger partial charge in [0, 0.05) is 26.6 Å². The summed E-state index contributed by atoms with van der Waals surface area (Å²) in [6, 6.07) is 5.31. The van der Waals surface area contributed by atoms with Gasteiger partial charge in [-0.05, 0) is 36.6 Å². The van der Waals surface area contributed by atoms with E-state index in [1.165, 1.54) is 11.3 Å². The van der Waals surface area contributed by atoms with Crippen molar-refractivity contribution in [3.8, 4) is 0 Å². The molecule has 8 heteroatoms. The van der Waals surface area contributed by atoms with Gasteiger partial charge in [0.1, 0.15) is 10.7 Å². The molecule has 0 N–H and O–H groups in total. The molecule has 1 aliphatic rings. The van der Waals surface area contributed by atoms with Crippen LogP contribution in [0.3, 0.4) is 0 Å². The molecule has 5 nitrogen and oxygen atoms in total. The van der Waals surface area contributed by atoms with Crippen LogP contribution in [0.2, 0.25) is 10.0 Å². The number of benzene rings is 1. The van der Waals surface area contributed by atoms with Gasteiger partial charge in [0.2, 0.25) is 0 Å². The van der Waals surface area contributed by atoms with Crippen molar-refractivity contribution in [3.05, 3.63) is 60.4 Å². The van der Waals surface area contributed by atoms with Crippen LogP contribution in [-0.2, 0) is 19.5 Å². The van der Waals surface area contributed by atoms with Crippen molar-refractivity contribution in [2.45, 2.75) is 32.9 Å². The van der Waals surface area contributed by atoms with E-state index in [1.54, 1.807) is 28.6 Å². The van der Waals surface area contributed by atoms with E-state index in [1.807, 2.05) is 13.0 Å². The van der Waals surface area contributed by atoms with Crippen molar-refractivity contribution < 1.29 is 4.79 Å². The number of hydrogen-bond acceptors (Lipinski definition) is 4. The van der Waals surface area contributed by atoms with Gasteiger partial charge in [-0.3, -0.25) is 14.2 Å². The molecule has 0 radical (unpaired) electrons. The topological polar surface area (TPSA) is 55.2 Å². The maximum Gasteiger partial charge on any atom is 0.264 e. The SMILES string of the molecule is Cc1c(C(=O)N(C)Cc2ccc(Cl)c(Cl)c2)sc2nc3n(c(=O)c12)CCC3. The second kappa shape index (κ2) is 6.93. The number of carbonyl (C=O) groups is 1. The van der Waals surface area contributed by atoms with Gasteiger partial charge in [0.05, 0.1) is 20.3 Å². The van der Waals surface area contributed by atoms with E-state index in [2.05, 4.69) is 4.98 Å². The van der Waals surface area contributed by atoms with Gasteiger partial charge in [-0.15, -0.1) is 11.3 Å². The van der Waals surface area contributed by atoms with Crippen LogP contribution >= 0.6 is 34.5 Å². The van der Waals surface area contributed by atoms with E-state index >= 15 is 0 Å². The fraction of sp³-hybridized carbons (Fsp3) is 0.316. The number of fused-ring (bicyclic) bond motifs is 2. The van der Waals surface area contributed by atoms with Crippen molar-refractivity contribution in [1.29, 1.82) is 0 Å². The first-order valence-electron chi connectivity index (χ1n) is 8.59. The standard InChI is InChI=1S/C19H17Cl2N3O2S/c1-10-15-17(22-14-4-3-7-24(14)18(15)25)27-16(10)19(26)23(2)9-11-5-6-12(20)13(21)8-11/h5-6,8H,3-4,7,9H2,1-2H3. The minimum atomic E-state index is -0.133. The van der Waals surface area contributed by atoms with Crippen LogP contribution in [0, 0.1) is 6.92 Å². The lowest BCUT2D eigenvalue weighted by Gasteiger charge is -2.17. The van der Waals surface area contributed by atoms with Crippen LogP contribution in [0.25, 0.3) is 10.2 Å². The Morgan fingerprint density at radius 3 is 2.85 bits per heavy atom. The highest BCUT2D eigenvalue weighted by atomic mass is 35.5. The average Bonchev–Trinajstić information content (AvgIpc) is 3.23. The largest absolute Gasteiger partial charge is 0.337 e. The summed E-state index contributed by atoms with van der Waals surface area (Å²) >= 11 is 13.3. The molecule has 0 saturated carbocycles. The molecule has 0 saturated heterocycles. The van der Waals surface area contributed by atoms with Crippen LogP contribution in [-0.4, -0.2) is 27.4 Å². The molecule has 1 aliphatic heterocycles. The summed E-state index contributed by atoms with van der Waals surface area (Å²) < 4.78 is 1.73. The van der Waals surface area contributed by atoms with Gasteiger partial charge in [0.25, 0.3) is 11.5 Å². The van der Waals surface area contributed by atoms with Crippen LogP contribution < -0.4 is 5.56 Å². The Labute approximate surface area is 170 Å². The molecule has 3 heterocycles. The van der Waals surface area contributed by atoms with Gasteiger partial charge in [-0.1, -0.05) is 29.3 Å². The molecule has 4 rings (SSSR count). The molecule has 0 atom stereocenters. The highest BCUT2D eigenvalue weighted by Gasteiger charge is 2.24. The highest BCUT2D eigenvalue weighted by Crippen LogP contribution is 2.30. The maximum absolute atomic E-state index is 13.0. The second-order valence-electron chi connectivity index (χ2n) is 6.73. The fourth-order valence-corrected chi connectivity index (χ4v) is 4.94. The predicted octanol–water partition coefficient (Wildman–Crippen LogP) is 4.29. The number of hydrogen-bond donors (Lipinski definition) is 0. The number of rotatable bonds is 3. The zero-order valence-electron chi connectivity index (χ0n) is 14.9. The van der Waals surface area contributed by atoms with Gasteiger partial charge >= 0.3 is 0 Å². The summed E-state index contributed by atoms with van der Waals surface area (Å²) in [5.41, 5.74) is 1.56. The zero-order valence-corrected chi connectivity index (χ0v) is 17.2. The van der Waals surface area contributed by atoms with Crippen molar-refractivity contribution in [3.63, 3.8) is 0 Å². The fourth-order valence-electron chi connectivity index (χ4n) is 3.44. The Kier molecular flexibility index (Phi) is 4.74.